The number of amides is 1. The number of thiocarbonyl (C=S) groups is 1. The molecule has 1 amide bonds. The zero-order valence-corrected chi connectivity index (χ0v) is 20.8. The molecule has 10 heteroatoms. The van der Waals surface area contributed by atoms with Crippen molar-refractivity contribution in [3.05, 3.63) is 68.9 Å². The summed E-state index contributed by atoms with van der Waals surface area (Å²) < 4.78 is 2.63. The second-order valence-corrected chi connectivity index (χ2v) is 11.1. The van der Waals surface area contributed by atoms with E-state index in [2.05, 4.69) is 15.2 Å². The van der Waals surface area contributed by atoms with Gasteiger partial charge in [0, 0.05) is 53.3 Å². The van der Waals surface area contributed by atoms with Crippen LogP contribution in [0.25, 0.3) is 11.3 Å². The molecule has 1 fully saturated rings. The number of hydrogen-bond acceptors (Lipinski definition) is 6. The summed E-state index contributed by atoms with van der Waals surface area (Å²) in [5, 5.41) is 5.90. The Balaban J connectivity index is 1.16. The fraction of sp³-hybridized carbons (Fsp3) is 0.304. The molecular formula is C23H21ClN4O2S3. The van der Waals surface area contributed by atoms with E-state index < -0.39 is 0 Å². The lowest BCUT2D eigenvalue weighted by Crippen LogP contribution is -2.48. The molecule has 170 valence electrons. The van der Waals surface area contributed by atoms with Crippen LogP contribution in [-0.4, -0.2) is 43.5 Å². The predicted octanol–water partition coefficient (Wildman–Crippen LogP) is 4.70. The van der Waals surface area contributed by atoms with Crippen molar-refractivity contribution in [1.82, 2.24) is 14.5 Å². The van der Waals surface area contributed by atoms with Crippen LogP contribution < -0.4 is 10.9 Å². The molecular weight excluding hydrogens is 496 g/mol. The molecule has 5 rings (SSSR count). The van der Waals surface area contributed by atoms with Gasteiger partial charge in [-0.3, -0.25) is 9.59 Å². The molecule has 2 unspecified atom stereocenters. The van der Waals surface area contributed by atoms with Crippen LogP contribution >= 0.6 is 46.9 Å². The van der Waals surface area contributed by atoms with E-state index in [0.717, 1.165) is 47.3 Å². The third kappa shape index (κ3) is 4.87. The molecule has 2 atom stereocenters. The molecule has 4 heterocycles. The van der Waals surface area contributed by atoms with Crippen molar-refractivity contribution in [2.45, 2.75) is 18.9 Å². The quantitative estimate of drug-likeness (QED) is 0.507. The van der Waals surface area contributed by atoms with Gasteiger partial charge in [0.05, 0.1) is 11.4 Å². The van der Waals surface area contributed by atoms with E-state index in [4.69, 9.17) is 23.8 Å². The van der Waals surface area contributed by atoms with Gasteiger partial charge in [0.25, 0.3) is 5.56 Å². The molecule has 2 aromatic heterocycles. The van der Waals surface area contributed by atoms with Crippen molar-refractivity contribution in [3.8, 4) is 11.3 Å². The van der Waals surface area contributed by atoms with Crippen molar-refractivity contribution >= 4 is 62.3 Å². The average Bonchev–Trinajstić information content (AvgIpc) is 3.26. The molecule has 1 saturated heterocycles. The van der Waals surface area contributed by atoms with Gasteiger partial charge >= 0.3 is 0 Å². The number of thiazole rings is 1. The van der Waals surface area contributed by atoms with E-state index in [1.807, 2.05) is 46.3 Å². The number of likely N-dealkylation sites (tertiary alicyclic amines) is 1. The minimum Gasteiger partial charge on any atom is -0.356 e. The molecule has 2 aliphatic rings. The van der Waals surface area contributed by atoms with E-state index in [0.29, 0.717) is 16.1 Å². The van der Waals surface area contributed by atoms with Gasteiger partial charge in [-0.05, 0) is 24.5 Å². The van der Waals surface area contributed by atoms with E-state index >= 15 is 0 Å². The first-order valence-electron chi connectivity index (χ1n) is 10.6. The van der Waals surface area contributed by atoms with E-state index in [-0.39, 0.29) is 23.1 Å². The van der Waals surface area contributed by atoms with Crippen LogP contribution in [0, 0.1) is 5.92 Å². The molecule has 0 aliphatic carbocycles. The summed E-state index contributed by atoms with van der Waals surface area (Å²) in [6, 6.07) is 13.0. The summed E-state index contributed by atoms with van der Waals surface area (Å²) in [4.78, 5) is 31.4. The molecule has 2 bridgehead atoms. The third-order valence-electron chi connectivity index (χ3n) is 5.97. The second-order valence-electron chi connectivity index (χ2n) is 8.22. The van der Waals surface area contributed by atoms with Gasteiger partial charge in [-0.2, -0.15) is 0 Å². The standard InChI is InChI=1S/C23H21ClN4O2S3/c24-17-5-2-1-4-16(17)18-12-32-22(25-18)26-20(29)13-33-23(31)27-9-14-8-15(11-27)19-6-3-7-21(30)28(19)10-14/h1-7,12,14-15H,8-11,13H2,(H,25,26,29). The third-order valence-corrected chi connectivity index (χ3v) is 8.58. The SMILES string of the molecule is O=C(CSC(=S)N1CC2CC(C1)c1cccc(=O)n1C2)Nc1nc(-c2ccccc2Cl)cs1. The summed E-state index contributed by atoms with van der Waals surface area (Å²) in [7, 11) is 0. The monoisotopic (exact) mass is 516 g/mol. The van der Waals surface area contributed by atoms with Crippen LogP contribution in [-0.2, 0) is 11.3 Å². The number of benzene rings is 1. The molecule has 1 N–H and O–H groups in total. The van der Waals surface area contributed by atoms with Crippen molar-refractivity contribution in [2.24, 2.45) is 5.92 Å². The Morgan fingerprint density at radius 2 is 2.06 bits per heavy atom. The molecule has 0 spiro atoms. The van der Waals surface area contributed by atoms with E-state index in [1.54, 1.807) is 6.07 Å². The first-order valence-corrected chi connectivity index (χ1v) is 13.2. The number of piperidine rings is 1. The summed E-state index contributed by atoms with van der Waals surface area (Å²) in [6.45, 7) is 2.33. The van der Waals surface area contributed by atoms with Crippen LogP contribution in [0.4, 0.5) is 5.13 Å². The highest BCUT2D eigenvalue weighted by Gasteiger charge is 2.35. The topological polar surface area (TPSA) is 67.2 Å². The number of fused-ring (bicyclic) bond motifs is 4. The number of thioether (sulfide) groups is 1. The summed E-state index contributed by atoms with van der Waals surface area (Å²) in [5.41, 5.74) is 2.74. The molecule has 6 nitrogen and oxygen atoms in total. The predicted molar refractivity (Wildman–Crippen MR) is 139 cm³/mol. The number of rotatable bonds is 4. The number of hydrogen-bond donors (Lipinski definition) is 1. The Morgan fingerprint density at radius 1 is 1.21 bits per heavy atom. The van der Waals surface area contributed by atoms with Crippen LogP contribution in [0.5, 0.6) is 0 Å². The minimum absolute atomic E-state index is 0.0733. The van der Waals surface area contributed by atoms with E-state index in [9.17, 15) is 9.59 Å². The number of halogens is 1. The van der Waals surface area contributed by atoms with Gasteiger partial charge in [-0.15, -0.1) is 11.3 Å². The first-order chi connectivity index (χ1) is 16.0. The normalized spacial score (nSPS) is 19.1. The zero-order chi connectivity index (χ0) is 22.9. The van der Waals surface area contributed by atoms with Gasteiger partial charge in [-0.25, -0.2) is 4.98 Å². The van der Waals surface area contributed by atoms with E-state index in [1.165, 1.54) is 23.1 Å². The van der Waals surface area contributed by atoms with Gasteiger partial charge in [0.1, 0.15) is 4.32 Å². The maximum Gasteiger partial charge on any atom is 0.250 e. The number of aromatic nitrogens is 2. The second kappa shape index (κ2) is 9.58. The highest BCUT2D eigenvalue weighted by molar-refractivity contribution is 8.23. The molecule has 33 heavy (non-hydrogen) atoms. The number of anilines is 1. The van der Waals surface area contributed by atoms with Gasteiger partial charge in [0.15, 0.2) is 5.13 Å². The summed E-state index contributed by atoms with van der Waals surface area (Å²) in [5.74, 6) is 0.762. The van der Waals surface area contributed by atoms with Crippen LogP contribution in [0.1, 0.15) is 18.0 Å². The lowest BCUT2D eigenvalue weighted by atomic mass is 9.83. The Kier molecular flexibility index (Phi) is 6.56. The number of carbonyl (C=O) groups excluding carboxylic acids is 1. The Bertz CT molecular complexity index is 1270. The maximum absolute atomic E-state index is 12.5. The maximum atomic E-state index is 12.5. The molecule has 1 aromatic carbocycles. The Labute approximate surface area is 210 Å². The zero-order valence-electron chi connectivity index (χ0n) is 17.6. The number of nitrogens with zero attached hydrogens (tertiary/aromatic N) is 3. The smallest absolute Gasteiger partial charge is 0.250 e. The lowest BCUT2D eigenvalue weighted by molar-refractivity contribution is -0.113. The van der Waals surface area contributed by atoms with Crippen molar-refractivity contribution in [2.75, 3.05) is 24.2 Å². The van der Waals surface area contributed by atoms with Gasteiger partial charge < -0.3 is 14.8 Å². The van der Waals surface area contributed by atoms with Gasteiger partial charge in [-0.1, -0.05) is 59.8 Å². The Morgan fingerprint density at radius 3 is 2.91 bits per heavy atom. The van der Waals surface area contributed by atoms with Crippen LogP contribution in [0.2, 0.25) is 5.02 Å². The number of nitrogens with one attached hydrogen (secondary N) is 1. The average molecular weight is 517 g/mol. The van der Waals surface area contributed by atoms with Crippen molar-refractivity contribution in [3.63, 3.8) is 0 Å². The highest BCUT2D eigenvalue weighted by atomic mass is 35.5. The van der Waals surface area contributed by atoms with Crippen molar-refractivity contribution < 1.29 is 4.79 Å². The number of pyridine rings is 1. The minimum atomic E-state index is -0.142. The van der Waals surface area contributed by atoms with Crippen molar-refractivity contribution in [1.29, 1.82) is 0 Å². The fourth-order valence-electron chi connectivity index (χ4n) is 4.54. The summed E-state index contributed by atoms with van der Waals surface area (Å²) in [6.07, 6.45) is 1.07. The molecule has 3 aromatic rings. The molecule has 0 radical (unpaired) electrons. The van der Waals surface area contributed by atoms with Crippen LogP contribution in [0.3, 0.4) is 0 Å². The Hall–Kier alpha value is -2.20. The van der Waals surface area contributed by atoms with Gasteiger partial charge in [0.2, 0.25) is 5.91 Å². The van der Waals surface area contributed by atoms with Crippen LogP contribution in [0.15, 0.2) is 52.6 Å². The number of carbonyl (C=O) groups is 1. The largest absolute Gasteiger partial charge is 0.356 e. The molecule has 0 saturated carbocycles. The summed E-state index contributed by atoms with van der Waals surface area (Å²) >= 11 is 14.6. The first kappa shape index (κ1) is 22.6. The fourth-order valence-corrected chi connectivity index (χ4v) is 6.49. The lowest BCUT2D eigenvalue weighted by Gasteiger charge is -2.43. The highest BCUT2D eigenvalue weighted by Crippen LogP contribution is 2.36. The molecule has 2 aliphatic heterocycles.